The Morgan fingerprint density at radius 3 is 2.09 bits per heavy atom. The lowest BCUT2D eigenvalue weighted by Gasteiger charge is -2.42. The zero-order chi connectivity index (χ0) is 17.6. The Morgan fingerprint density at radius 2 is 1.61 bits per heavy atom. The van der Waals surface area contributed by atoms with Crippen molar-refractivity contribution in [1.82, 2.24) is 0 Å². The van der Waals surface area contributed by atoms with Crippen LogP contribution in [0.5, 0.6) is 0 Å². The number of hydrogen-bond acceptors (Lipinski definition) is 9. The Kier molecular flexibility index (Phi) is 7.80. The summed E-state index contributed by atoms with van der Waals surface area (Å²) >= 11 is 1.32. The van der Waals surface area contributed by atoms with Crippen LogP contribution in [0.15, 0.2) is 0 Å². The minimum atomic E-state index is -1.29. The van der Waals surface area contributed by atoms with Crippen molar-refractivity contribution in [2.75, 3.05) is 12.4 Å². The van der Waals surface area contributed by atoms with Crippen LogP contribution in [0.1, 0.15) is 27.7 Å². The van der Waals surface area contributed by atoms with E-state index >= 15 is 0 Å². The summed E-state index contributed by atoms with van der Waals surface area (Å²) in [4.78, 5) is 33.5. The van der Waals surface area contributed by atoms with Gasteiger partial charge in [-0.1, -0.05) is 6.92 Å². The maximum atomic E-state index is 11.3. The van der Waals surface area contributed by atoms with E-state index < -0.39 is 47.8 Å². The zero-order valence-corrected chi connectivity index (χ0v) is 14.3. The summed E-state index contributed by atoms with van der Waals surface area (Å²) in [6.07, 6.45) is -4.24. The van der Waals surface area contributed by atoms with Gasteiger partial charge in [-0.05, 0) is 5.75 Å². The zero-order valence-electron chi connectivity index (χ0n) is 13.5. The molecule has 1 saturated heterocycles. The third-order valence-electron chi connectivity index (χ3n) is 3.00. The fraction of sp³-hybridized carbons (Fsp3) is 0.786. The molecule has 23 heavy (non-hydrogen) atoms. The van der Waals surface area contributed by atoms with Crippen LogP contribution in [0.25, 0.3) is 0 Å². The molecule has 8 nitrogen and oxygen atoms in total. The average Bonchev–Trinajstić information content (AvgIpc) is 2.43. The van der Waals surface area contributed by atoms with Gasteiger partial charge in [-0.25, -0.2) is 0 Å². The van der Waals surface area contributed by atoms with Crippen molar-refractivity contribution in [2.24, 2.45) is 0 Å². The van der Waals surface area contributed by atoms with Crippen molar-refractivity contribution in [2.45, 2.75) is 57.5 Å². The summed E-state index contributed by atoms with van der Waals surface area (Å²) in [6.45, 7) is 5.33. The van der Waals surface area contributed by atoms with E-state index in [1.54, 1.807) is 0 Å². The molecule has 132 valence electrons. The number of aliphatic hydroxyl groups is 1. The molecule has 1 heterocycles. The van der Waals surface area contributed by atoms with Gasteiger partial charge in [-0.3, -0.25) is 14.4 Å². The monoisotopic (exact) mass is 350 g/mol. The molecule has 0 aliphatic carbocycles. The lowest BCUT2D eigenvalue weighted by atomic mass is 9.99. The molecule has 9 heteroatoms. The molecular formula is C14H22O8S. The summed E-state index contributed by atoms with van der Waals surface area (Å²) in [7, 11) is 0. The van der Waals surface area contributed by atoms with Crippen molar-refractivity contribution in [3.8, 4) is 0 Å². The predicted molar refractivity (Wildman–Crippen MR) is 80.5 cm³/mol. The van der Waals surface area contributed by atoms with Gasteiger partial charge in [-0.15, -0.1) is 11.8 Å². The largest absolute Gasteiger partial charge is 0.463 e. The van der Waals surface area contributed by atoms with Crippen LogP contribution in [0, 0.1) is 0 Å². The molecule has 0 amide bonds. The highest BCUT2D eigenvalue weighted by atomic mass is 32.2. The molecule has 1 aliphatic heterocycles. The highest BCUT2D eigenvalue weighted by Crippen LogP contribution is 2.32. The van der Waals surface area contributed by atoms with Crippen LogP contribution >= 0.6 is 11.8 Å². The molecule has 1 fully saturated rings. The van der Waals surface area contributed by atoms with Crippen LogP contribution in [-0.4, -0.2) is 65.2 Å². The van der Waals surface area contributed by atoms with Gasteiger partial charge in [0.05, 0.1) is 0 Å². The first-order valence-electron chi connectivity index (χ1n) is 7.19. The van der Waals surface area contributed by atoms with Gasteiger partial charge in [0.1, 0.15) is 24.3 Å². The minimum absolute atomic E-state index is 0.183. The Hall–Kier alpha value is -1.32. The number of aliphatic hydroxyl groups excluding tert-OH is 1. The second-order valence-electron chi connectivity index (χ2n) is 4.94. The third-order valence-corrected chi connectivity index (χ3v) is 4.04. The Labute approximate surface area is 138 Å². The molecule has 0 radical (unpaired) electrons. The van der Waals surface area contributed by atoms with Crippen LogP contribution in [0.4, 0.5) is 0 Å². The Morgan fingerprint density at radius 1 is 1.04 bits per heavy atom. The molecule has 0 aromatic rings. The average molecular weight is 350 g/mol. The van der Waals surface area contributed by atoms with Crippen LogP contribution in [-0.2, 0) is 33.3 Å². The van der Waals surface area contributed by atoms with Crippen molar-refractivity contribution in [3.63, 3.8) is 0 Å². The summed E-state index contributed by atoms with van der Waals surface area (Å²) in [5.74, 6) is -1.09. The molecule has 1 N–H and O–H groups in total. The molecule has 1 aliphatic rings. The molecule has 1 rings (SSSR count). The molecule has 3 unspecified atom stereocenters. The SMILES string of the molecule is CCS[C@H]1OC(COC(C)=O)[C@@H](OC(C)=O)C(O)C1OC(C)=O. The van der Waals surface area contributed by atoms with Crippen LogP contribution in [0.2, 0.25) is 0 Å². The lowest BCUT2D eigenvalue weighted by Crippen LogP contribution is -2.60. The maximum absolute atomic E-state index is 11.3. The van der Waals surface area contributed by atoms with E-state index in [0.717, 1.165) is 0 Å². The number of hydrogen-bond donors (Lipinski definition) is 1. The van der Waals surface area contributed by atoms with E-state index in [-0.39, 0.29) is 6.61 Å². The standard InChI is InChI=1S/C14H22O8S/c1-5-23-14-13(21-9(4)17)11(18)12(20-8(3)16)10(22-14)6-19-7(2)15/h10-14,18H,5-6H2,1-4H3/t10?,11?,12-,13?,14-/m1/s1. The highest BCUT2D eigenvalue weighted by molar-refractivity contribution is 7.99. The van der Waals surface area contributed by atoms with E-state index in [4.69, 9.17) is 18.9 Å². The van der Waals surface area contributed by atoms with Crippen LogP contribution in [0.3, 0.4) is 0 Å². The fourth-order valence-electron chi connectivity index (χ4n) is 2.18. The highest BCUT2D eigenvalue weighted by Gasteiger charge is 2.49. The normalized spacial score (nSPS) is 30.4. The summed E-state index contributed by atoms with van der Waals surface area (Å²) in [5.41, 5.74) is -0.661. The smallest absolute Gasteiger partial charge is 0.303 e. The van der Waals surface area contributed by atoms with Crippen molar-refractivity contribution in [1.29, 1.82) is 0 Å². The Bertz CT molecular complexity index is 438. The summed E-state index contributed by atoms with van der Waals surface area (Å²) < 4.78 is 20.8. The quantitative estimate of drug-likeness (QED) is 0.532. The van der Waals surface area contributed by atoms with Gasteiger partial charge in [0.25, 0.3) is 0 Å². The molecule has 0 aromatic heterocycles. The third kappa shape index (κ3) is 6.00. The second-order valence-corrected chi connectivity index (χ2v) is 6.31. The molecule has 0 spiro atoms. The number of ether oxygens (including phenoxy) is 4. The topological polar surface area (TPSA) is 108 Å². The van der Waals surface area contributed by atoms with Gasteiger partial charge in [0, 0.05) is 20.8 Å². The number of carbonyl (C=O) groups excluding carboxylic acids is 3. The van der Waals surface area contributed by atoms with Gasteiger partial charge in [0.2, 0.25) is 0 Å². The van der Waals surface area contributed by atoms with E-state index in [0.29, 0.717) is 5.75 Å². The van der Waals surface area contributed by atoms with Gasteiger partial charge in [0.15, 0.2) is 12.2 Å². The Balaban J connectivity index is 2.97. The van der Waals surface area contributed by atoms with Crippen LogP contribution < -0.4 is 0 Å². The summed E-state index contributed by atoms with van der Waals surface area (Å²) in [5, 5.41) is 10.5. The van der Waals surface area contributed by atoms with Gasteiger partial charge < -0.3 is 24.1 Å². The van der Waals surface area contributed by atoms with E-state index in [9.17, 15) is 19.5 Å². The molecule has 0 bridgehead atoms. The summed E-state index contributed by atoms with van der Waals surface area (Å²) in [6, 6.07) is 0. The lowest BCUT2D eigenvalue weighted by molar-refractivity contribution is -0.229. The number of thioether (sulfide) groups is 1. The number of esters is 3. The van der Waals surface area contributed by atoms with E-state index in [1.165, 1.54) is 32.5 Å². The fourth-order valence-corrected chi connectivity index (χ4v) is 3.14. The maximum Gasteiger partial charge on any atom is 0.303 e. The first kappa shape index (κ1) is 19.7. The molecule has 5 atom stereocenters. The first-order chi connectivity index (χ1) is 10.8. The molecule has 0 saturated carbocycles. The second kappa shape index (κ2) is 9.09. The first-order valence-corrected chi connectivity index (χ1v) is 8.24. The van der Waals surface area contributed by atoms with Crippen molar-refractivity contribution >= 4 is 29.7 Å². The van der Waals surface area contributed by atoms with E-state index in [2.05, 4.69) is 0 Å². The van der Waals surface area contributed by atoms with Crippen molar-refractivity contribution < 1.29 is 38.4 Å². The van der Waals surface area contributed by atoms with E-state index in [1.807, 2.05) is 6.92 Å². The predicted octanol–water partition coefficient (Wildman–Crippen LogP) is 0.252. The molecule has 0 aromatic carbocycles. The molecular weight excluding hydrogens is 328 g/mol. The van der Waals surface area contributed by atoms with Crippen molar-refractivity contribution in [3.05, 3.63) is 0 Å². The number of rotatable bonds is 6. The van der Waals surface area contributed by atoms with Gasteiger partial charge in [-0.2, -0.15) is 0 Å². The van der Waals surface area contributed by atoms with Gasteiger partial charge >= 0.3 is 17.9 Å². The minimum Gasteiger partial charge on any atom is -0.463 e. The number of carbonyl (C=O) groups is 3.